The molecule has 1 aromatic carbocycles. The summed E-state index contributed by atoms with van der Waals surface area (Å²) < 4.78 is 5.55. The highest BCUT2D eigenvalue weighted by Crippen LogP contribution is 2.24. The Morgan fingerprint density at radius 3 is 2.58 bits per heavy atom. The van der Waals surface area contributed by atoms with Crippen LogP contribution in [0.15, 0.2) is 53.1 Å². The number of carbonyl (C=O) groups is 1. The number of furan rings is 1. The van der Waals surface area contributed by atoms with Crippen molar-refractivity contribution in [1.29, 1.82) is 0 Å². The molecule has 0 unspecified atom stereocenters. The zero-order chi connectivity index (χ0) is 13.2. The lowest BCUT2D eigenvalue weighted by Gasteiger charge is -1.97. The van der Waals surface area contributed by atoms with Crippen molar-refractivity contribution in [2.24, 2.45) is 0 Å². The third-order valence-electron chi connectivity index (χ3n) is 2.70. The average Bonchev–Trinajstić information content (AvgIpc) is 3.10. The molecule has 3 aromatic rings. The molecule has 0 aliphatic heterocycles. The van der Waals surface area contributed by atoms with Gasteiger partial charge in [-0.05, 0) is 42.5 Å². The largest absolute Gasteiger partial charge is 0.453 e. The second-order valence-electron chi connectivity index (χ2n) is 3.97. The summed E-state index contributed by atoms with van der Waals surface area (Å²) in [6.45, 7) is 0. The van der Waals surface area contributed by atoms with Crippen LogP contribution in [-0.4, -0.2) is 16.0 Å². The van der Waals surface area contributed by atoms with Gasteiger partial charge in [0.05, 0.1) is 0 Å². The van der Waals surface area contributed by atoms with E-state index in [-0.39, 0.29) is 11.5 Å². The molecule has 0 amide bonds. The van der Waals surface area contributed by atoms with Crippen molar-refractivity contribution >= 4 is 17.4 Å². The second-order valence-corrected chi connectivity index (χ2v) is 4.41. The maximum Gasteiger partial charge on any atom is 0.245 e. The van der Waals surface area contributed by atoms with Crippen LogP contribution in [0.3, 0.4) is 0 Å². The average molecular weight is 273 g/mol. The van der Waals surface area contributed by atoms with Crippen LogP contribution in [0, 0.1) is 0 Å². The minimum Gasteiger partial charge on any atom is -0.453 e. The highest BCUT2D eigenvalue weighted by Gasteiger charge is 2.15. The van der Waals surface area contributed by atoms with E-state index in [0.717, 1.165) is 5.56 Å². The van der Waals surface area contributed by atoms with E-state index >= 15 is 0 Å². The van der Waals surface area contributed by atoms with Crippen molar-refractivity contribution in [2.45, 2.75) is 0 Å². The minimum atomic E-state index is -0.224. The molecule has 0 aliphatic rings. The molecule has 2 aromatic heterocycles. The summed E-state index contributed by atoms with van der Waals surface area (Å²) in [5, 5.41) is 7.01. The topological polar surface area (TPSA) is 58.9 Å². The minimum absolute atomic E-state index is 0.224. The number of aromatic amines is 1. The molecule has 5 heteroatoms. The fourth-order valence-electron chi connectivity index (χ4n) is 1.74. The van der Waals surface area contributed by atoms with Crippen LogP contribution in [0.5, 0.6) is 0 Å². The van der Waals surface area contributed by atoms with Gasteiger partial charge in [-0.1, -0.05) is 11.6 Å². The van der Waals surface area contributed by atoms with Crippen LogP contribution in [0.1, 0.15) is 16.2 Å². The Kier molecular flexibility index (Phi) is 2.93. The zero-order valence-corrected chi connectivity index (χ0v) is 10.5. The number of rotatable bonds is 3. The van der Waals surface area contributed by atoms with Crippen molar-refractivity contribution in [2.75, 3.05) is 0 Å². The molecule has 1 N–H and O–H groups in total. The number of carbonyl (C=O) groups excluding carboxylic acids is 1. The van der Waals surface area contributed by atoms with Gasteiger partial charge in [-0.15, -0.1) is 0 Å². The molecule has 0 saturated carbocycles. The Balaban J connectivity index is 1.91. The van der Waals surface area contributed by atoms with Gasteiger partial charge in [0.15, 0.2) is 5.76 Å². The maximum absolute atomic E-state index is 12.0. The van der Waals surface area contributed by atoms with Crippen LogP contribution < -0.4 is 0 Å². The first-order valence-electron chi connectivity index (χ1n) is 5.64. The standard InChI is InChI=1S/C14H9ClN2O2/c15-10-3-1-9(2-4-10)12-5-6-13(19-12)14(18)11-7-8-16-17-11/h1-8H,(H,16,17). The molecular weight excluding hydrogens is 264 g/mol. The van der Waals surface area contributed by atoms with Gasteiger partial charge in [-0.25, -0.2) is 0 Å². The highest BCUT2D eigenvalue weighted by atomic mass is 35.5. The van der Waals surface area contributed by atoms with Gasteiger partial charge in [0.25, 0.3) is 0 Å². The number of benzene rings is 1. The first-order chi connectivity index (χ1) is 9.24. The van der Waals surface area contributed by atoms with E-state index in [2.05, 4.69) is 10.2 Å². The number of nitrogens with one attached hydrogen (secondary N) is 1. The number of halogens is 1. The predicted molar refractivity (Wildman–Crippen MR) is 71.2 cm³/mol. The van der Waals surface area contributed by atoms with Crippen molar-refractivity contribution in [1.82, 2.24) is 10.2 Å². The summed E-state index contributed by atoms with van der Waals surface area (Å²) in [6, 6.07) is 12.2. The van der Waals surface area contributed by atoms with E-state index in [1.165, 1.54) is 6.20 Å². The summed E-state index contributed by atoms with van der Waals surface area (Å²) in [5.41, 5.74) is 1.27. The Hall–Kier alpha value is -2.33. The Bertz CT molecular complexity index is 699. The number of hydrogen-bond donors (Lipinski definition) is 1. The number of aromatic nitrogens is 2. The van der Waals surface area contributed by atoms with Gasteiger partial charge >= 0.3 is 0 Å². The highest BCUT2D eigenvalue weighted by molar-refractivity contribution is 6.30. The molecule has 3 rings (SSSR count). The lowest BCUT2D eigenvalue weighted by molar-refractivity contribution is 0.100. The third-order valence-corrected chi connectivity index (χ3v) is 2.96. The predicted octanol–water partition coefficient (Wildman–Crippen LogP) is 3.55. The molecule has 4 nitrogen and oxygen atoms in total. The second kappa shape index (κ2) is 4.74. The van der Waals surface area contributed by atoms with Crippen LogP contribution >= 0.6 is 11.6 Å². The smallest absolute Gasteiger partial charge is 0.245 e. The van der Waals surface area contributed by atoms with Crippen molar-refractivity contribution in [3.8, 4) is 11.3 Å². The fraction of sp³-hybridized carbons (Fsp3) is 0. The molecule has 19 heavy (non-hydrogen) atoms. The van der Waals surface area contributed by atoms with E-state index in [0.29, 0.717) is 16.5 Å². The van der Waals surface area contributed by atoms with Crippen molar-refractivity contribution < 1.29 is 9.21 Å². The maximum atomic E-state index is 12.0. The lowest BCUT2D eigenvalue weighted by Crippen LogP contribution is -1.99. The third kappa shape index (κ3) is 2.30. The van der Waals surface area contributed by atoms with Gasteiger partial charge in [0, 0.05) is 16.8 Å². The zero-order valence-electron chi connectivity index (χ0n) is 9.76. The van der Waals surface area contributed by atoms with E-state index in [9.17, 15) is 4.79 Å². The summed E-state index contributed by atoms with van der Waals surface area (Å²) in [5.74, 6) is 0.673. The SMILES string of the molecule is O=C(c1ccn[nH]1)c1ccc(-c2ccc(Cl)cc2)o1. The molecule has 0 radical (unpaired) electrons. The number of ketones is 1. The van der Waals surface area contributed by atoms with E-state index < -0.39 is 0 Å². The fourth-order valence-corrected chi connectivity index (χ4v) is 1.87. The molecular formula is C14H9ClN2O2. The Morgan fingerprint density at radius 1 is 1.11 bits per heavy atom. The van der Waals surface area contributed by atoms with Gasteiger partial charge in [-0.3, -0.25) is 9.89 Å². The summed E-state index contributed by atoms with van der Waals surface area (Å²) in [4.78, 5) is 12.0. The molecule has 0 saturated heterocycles. The summed E-state index contributed by atoms with van der Waals surface area (Å²) in [6.07, 6.45) is 1.52. The van der Waals surface area contributed by atoms with Crippen LogP contribution in [0.4, 0.5) is 0 Å². The van der Waals surface area contributed by atoms with Crippen LogP contribution in [-0.2, 0) is 0 Å². The number of nitrogens with zero attached hydrogens (tertiary/aromatic N) is 1. The van der Waals surface area contributed by atoms with Crippen LogP contribution in [0.2, 0.25) is 5.02 Å². The first-order valence-corrected chi connectivity index (χ1v) is 6.02. The molecule has 94 valence electrons. The van der Waals surface area contributed by atoms with Crippen molar-refractivity contribution in [3.05, 3.63) is 65.1 Å². The molecule has 0 fully saturated rings. The van der Waals surface area contributed by atoms with E-state index in [1.54, 1.807) is 30.3 Å². The van der Waals surface area contributed by atoms with Crippen molar-refractivity contribution in [3.63, 3.8) is 0 Å². The van der Waals surface area contributed by atoms with Gasteiger partial charge < -0.3 is 4.42 Å². The monoisotopic (exact) mass is 272 g/mol. The van der Waals surface area contributed by atoms with Crippen LogP contribution in [0.25, 0.3) is 11.3 Å². The quantitative estimate of drug-likeness (QED) is 0.742. The number of hydrogen-bond acceptors (Lipinski definition) is 3. The summed E-state index contributed by atoms with van der Waals surface area (Å²) >= 11 is 5.83. The Labute approximate surface area is 114 Å². The molecule has 0 aliphatic carbocycles. The first kappa shape index (κ1) is 11.7. The molecule has 0 spiro atoms. The van der Waals surface area contributed by atoms with Gasteiger partial charge in [0.2, 0.25) is 5.78 Å². The van der Waals surface area contributed by atoms with Gasteiger partial charge in [0.1, 0.15) is 11.5 Å². The molecule has 2 heterocycles. The van der Waals surface area contributed by atoms with Gasteiger partial charge in [-0.2, -0.15) is 5.10 Å². The Morgan fingerprint density at radius 2 is 1.89 bits per heavy atom. The molecule has 0 bridgehead atoms. The lowest BCUT2D eigenvalue weighted by atomic mass is 10.2. The normalized spacial score (nSPS) is 10.6. The van der Waals surface area contributed by atoms with E-state index in [4.69, 9.17) is 16.0 Å². The summed E-state index contributed by atoms with van der Waals surface area (Å²) in [7, 11) is 0. The molecule has 0 atom stereocenters. The van der Waals surface area contributed by atoms with E-state index in [1.807, 2.05) is 12.1 Å². The number of H-pyrrole nitrogens is 1.